The summed E-state index contributed by atoms with van der Waals surface area (Å²) < 4.78 is 28.9. The highest BCUT2D eigenvalue weighted by Gasteiger charge is 2.33. The van der Waals surface area contributed by atoms with Crippen molar-refractivity contribution in [2.75, 3.05) is 6.54 Å². The Kier molecular flexibility index (Phi) is 5.98. The van der Waals surface area contributed by atoms with Crippen LogP contribution in [0, 0.1) is 11.6 Å². The number of halogens is 3. The lowest BCUT2D eigenvalue weighted by Gasteiger charge is -2.28. The van der Waals surface area contributed by atoms with Gasteiger partial charge in [-0.1, -0.05) is 29.0 Å². The lowest BCUT2D eigenvalue weighted by Crippen LogP contribution is -2.40. The molecule has 0 aliphatic heterocycles. The van der Waals surface area contributed by atoms with Gasteiger partial charge in [0.1, 0.15) is 16.8 Å². The monoisotopic (exact) mass is 474 g/mol. The molecule has 3 aromatic heterocycles. The van der Waals surface area contributed by atoms with Crippen molar-refractivity contribution in [1.29, 1.82) is 0 Å². The van der Waals surface area contributed by atoms with E-state index >= 15 is 0 Å². The van der Waals surface area contributed by atoms with Gasteiger partial charge in [0.15, 0.2) is 5.01 Å². The number of nitrogens with zero attached hydrogens (tertiary/aromatic N) is 5. The van der Waals surface area contributed by atoms with Gasteiger partial charge in [-0.25, -0.2) is 13.8 Å². The second kappa shape index (κ2) is 8.71. The minimum absolute atomic E-state index is 0.0521. The Morgan fingerprint density at radius 3 is 2.75 bits per heavy atom. The van der Waals surface area contributed by atoms with E-state index in [1.807, 2.05) is 19.2 Å². The Balaban J connectivity index is 1.58. The van der Waals surface area contributed by atoms with E-state index in [2.05, 4.69) is 25.6 Å². The molecule has 4 rings (SSSR count). The first-order valence-corrected chi connectivity index (χ1v) is 10.6. The van der Waals surface area contributed by atoms with E-state index in [-0.39, 0.29) is 22.1 Å². The molecule has 0 aliphatic carbocycles. The van der Waals surface area contributed by atoms with E-state index < -0.39 is 23.0 Å². The summed E-state index contributed by atoms with van der Waals surface area (Å²) >= 11 is 7.01. The van der Waals surface area contributed by atoms with Crippen LogP contribution in [0.2, 0.25) is 5.15 Å². The Hall–Kier alpha value is -3.24. The summed E-state index contributed by atoms with van der Waals surface area (Å²) in [5.74, 6) is -1.95. The van der Waals surface area contributed by atoms with Crippen LogP contribution >= 0.6 is 22.9 Å². The van der Waals surface area contributed by atoms with Crippen LogP contribution < -0.4 is 5.32 Å². The summed E-state index contributed by atoms with van der Waals surface area (Å²) in [7, 11) is 1.80. The van der Waals surface area contributed by atoms with Crippen molar-refractivity contribution < 1.29 is 13.6 Å². The van der Waals surface area contributed by atoms with Gasteiger partial charge in [0.2, 0.25) is 5.01 Å². The molecule has 0 saturated heterocycles. The van der Waals surface area contributed by atoms with E-state index in [9.17, 15) is 13.6 Å². The number of nitrogens with one attached hydrogen (secondary N) is 1. The summed E-state index contributed by atoms with van der Waals surface area (Å²) in [6.45, 7) is 2.09. The summed E-state index contributed by atoms with van der Waals surface area (Å²) in [4.78, 5) is 17.2. The predicted octanol–water partition coefficient (Wildman–Crippen LogP) is 4.00. The lowest BCUT2D eigenvalue weighted by molar-refractivity contribution is 0.0946. The van der Waals surface area contributed by atoms with Crippen LogP contribution in [0.3, 0.4) is 0 Å². The third kappa shape index (κ3) is 4.37. The molecule has 0 fully saturated rings. The van der Waals surface area contributed by atoms with E-state index in [1.54, 1.807) is 30.1 Å². The molecule has 0 radical (unpaired) electrons. The quantitative estimate of drug-likeness (QED) is 0.427. The summed E-state index contributed by atoms with van der Waals surface area (Å²) in [6, 6.07) is 8.42. The maximum atomic E-state index is 14.0. The highest BCUT2D eigenvalue weighted by molar-refractivity contribution is 7.16. The molecule has 0 bridgehead atoms. The van der Waals surface area contributed by atoms with Gasteiger partial charge in [-0.05, 0) is 31.2 Å². The van der Waals surface area contributed by atoms with Gasteiger partial charge in [-0.3, -0.25) is 9.48 Å². The van der Waals surface area contributed by atoms with Gasteiger partial charge in [0, 0.05) is 37.0 Å². The Bertz CT molecular complexity index is 1290. The number of hydrogen-bond acceptors (Lipinski definition) is 6. The second-order valence-electron chi connectivity index (χ2n) is 7.30. The normalized spacial score (nSPS) is 13.0. The largest absolute Gasteiger partial charge is 0.349 e. The summed E-state index contributed by atoms with van der Waals surface area (Å²) in [6.07, 6.45) is 3.55. The van der Waals surface area contributed by atoms with Crippen LogP contribution in [-0.4, -0.2) is 37.4 Å². The van der Waals surface area contributed by atoms with Crippen molar-refractivity contribution >= 4 is 28.8 Å². The highest BCUT2D eigenvalue weighted by Crippen LogP contribution is 2.31. The van der Waals surface area contributed by atoms with Crippen molar-refractivity contribution in [3.8, 4) is 10.6 Å². The molecule has 1 atom stereocenters. The van der Waals surface area contributed by atoms with Crippen LogP contribution in [0.25, 0.3) is 10.6 Å². The Morgan fingerprint density at radius 1 is 1.25 bits per heavy atom. The zero-order valence-electron chi connectivity index (χ0n) is 17.0. The first-order valence-electron chi connectivity index (χ1n) is 9.45. The fraction of sp³-hybridized carbons (Fsp3) is 0.190. The fourth-order valence-electron chi connectivity index (χ4n) is 3.18. The number of hydrogen-bond donors (Lipinski definition) is 1. The zero-order chi connectivity index (χ0) is 22.9. The smallest absolute Gasteiger partial charge is 0.282 e. The maximum absolute atomic E-state index is 14.0. The van der Waals surface area contributed by atoms with Gasteiger partial charge in [0.05, 0.1) is 17.3 Å². The molecular weight excluding hydrogens is 458 g/mol. The van der Waals surface area contributed by atoms with Gasteiger partial charge >= 0.3 is 0 Å². The number of rotatable bonds is 6. The van der Waals surface area contributed by atoms with E-state index in [4.69, 9.17) is 11.6 Å². The number of aromatic nitrogens is 5. The molecule has 0 saturated carbocycles. The Labute approximate surface area is 191 Å². The summed E-state index contributed by atoms with van der Waals surface area (Å²) in [5, 5.41) is 15.4. The molecule has 0 spiro atoms. The highest BCUT2D eigenvalue weighted by atomic mass is 35.5. The number of pyridine rings is 1. The SMILES string of the molecule is Cn1cc(C(C)(CNC(=O)c2nnc(-c3ccc(F)cc3F)s2)c2cccc(Cl)n2)cn1. The standard InChI is InChI=1S/C21H17ClF2N6OS/c1-21(12-9-26-30(2)10-12,16-4-3-5-17(22)27-16)11-25-18(31)20-29-28-19(32-20)14-7-6-13(23)8-15(14)24/h3-10H,11H2,1-2H3,(H,25,31). The fourth-order valence-corrected chi connectivity index (χ4v) is 4.13. The molecule has 32 heavy (non-hydrogen) atoms. The third-order valence-corrected chi connectivity index (χ3v) is 6.17. The van der Waals surface area contributed by atoms with E-state index in [0.29, 0.717) is 10.8 Å². The van der Waals surface area contributed by atoms with Crippen molar-refractivity contribution in [2.45, 2.75) is 12.3 Å². The topological polar surface area (TPSA) is 85.6 Å². The number of amides is 1. The number of carbonyl (C=O) groups excluding carboxylic acids is 1. The predicted molar refractivity (Wildman–Crippen MR) is 117 cm³/mol. The molecule has 7 nitrogen and oxygen atoms in total. The van der Waals surface area contributed by atoms with Crippen LogP contribution in [0.4, 0.5) is 8.78 Å². The minimum atomic E-state index is -0.774. The summed E-state index contributed by atoms with van der Waals surface area (Å²) in [5.41, 5.74) is 0.836. The van der Waals surface area contributed by atoms with Crippen molar-refractivity contribution in [2.24, 2.45) is 7.05 Å². The van der Waals surface area contributed by atoms with Crippen LogP contribution in [0.5, 0.6) is 0 Å². The van der Waals surface area contributed by atoms with Crippen LogP contribution in [0.1, 0.15) is 28.0 Å². The van der Waals surface area contributed by atoms with Gasteiger partial charge < -0.3 is 5.32 Å². The first kappa shape index (κ1) is 22.0. The molecule has 1 N–H and O–H groups in total. The zero-order valence-corrected chi connectivity index (χ0v) is 18.6. The molecule has 11 heteroatoms. The average Bonchev–Trinajstić information content (AvgIpc) is 3.41. The van der Waals surface area contributed by atoms with Gasteiger partial charge in [-0.15, -0.1) is 10.2 Å². The van der Waals surface area contributed by atoms with Crippen molar-refractivity contribution in [1.82, 2.24) is 30.3 Å². The van der Waals surface area contributed by atoms with Crippen LogP contribution in [0.15, 0.2) is 48.8 Å². The molecule has 0 aliphatic rings. The molecular formula is C21H17ClF2N6OS. The third-order valence-electron chi connectivity index (χ3n) is 5.01. The molecule has 1 amide bonds. The van der Waals surface area contributed by atoms with E-state index in [1.165, 1.54) is 6.07 Å². The molecule has 1 aromatic carbocycles. The number of benzene rings is 1. The van der Waals surface area contributed by atoms with Crippen LogP contribution in [-0.2, 0) is 12.5 Å². The van der Waals surface area contributed by atoms with Crippen molar-refractivity contribution in [3.63, 3.8) is 0 Å². The molecule has 1 unspecified atom stereocenters. The van der Waals surface area contributed by atoms with E-state index in [0.717, 1.165) is 29.0 Å². The second-order valence-corrected chi connectivity index (χ2v) is 8.66. The van der Waals surface area contributed by atoms with Crippen molar-refractivity contribution in [3.05, 3.63) is 81.8 Å². The Morgan fingerprint density at radius 2 is 2.06 bits per heavy atom. The van der Waals surface area contributed by atoms with Gasteiger partial charge in [0.25, 0.3) is 5.91 Å². The molecule has 4 aromatic rings. The average molecular weight is 475 g/mol. The number of carbonyl (C=O) groups is 1. The first-order chi connectivity index (χ1) is 15.3. The molecule has 3 heterocycles. The van der Waals surface area contributed by atoms with Gasteiger partial charge in [-0.2, -0.15) is 5.10 Å². The lowest BCUT2D eigenvalue weighted by atomic mass is 9.80. The number of aryl methyl sites for hydroxylation is 1. The minimum Gasteiger partial charge on any atom is -0.349 e. The maximum Gasteiger partial charge on any atom is 0.282 e. The molecule has 164 valence electrons.